The molecule has 1 fully saturated rings. The summed E-state index contributed by atoms with van der Waals surface area (Å²) in [6, 6.07) is 9.54. The summed E-state index contributed by atoms with van der Waals surface area (Å²) in [5, 5.41) is 13.9. The van der Waals surface area contributed by atoms with E-state index in [1.807, 2.05) is 12.1 Å². The summed E-state index contributed by atoms with van der Waals surface area (Å²) >= 11 is 0. The van der Waals surface area contributed by atoms with Gasteiger partial charge in [-0.25, -0.2) is 8.42 Å². The molecule has 5 nitrogen and oxygen atoms in total. The molecule has 25 heavy (non-hydrogen) atoms. The van der Waals surface area contributed by atoms with E-state index in [4.69, 9.17) is 10.2 Å². The van der Waals surface area contributed by atoms with Gasteiger partial charge >= 0.3 is 0 Å². The first kappa shape index (κ1) is 18.1. The van der Waals surface area contributed by atoms with Gasteiger partial charge in [-0.05, 0) is 49.4 Å². The molecule has 0 radical (unpaired) electrons. The highest BCUT2D eigenvalue weighted by Crippen LogP contribution is 2.33. The first-order chi connectivity index (χ1) is 12.0. The smallest absolute Gasteiger partial charge is 0.175 e. The summed E-state index contributed by atoms with van der Waals surface area (Å²) in [6.07, 6.45) is 8.69. The molecule has 2 aromatic rings. The molecule has 3 rings (SSSR count). The number of aliphatic hydroxyl groups excluding tert-OH is 1. The molecule has 1 saturated carbocycles. The van der Waals surface area contributed by atoms with Crippen LogP contribution in [-0.4, -0.2) is 36.2 Å². The molecular weight excluding hydrogens is 336 g/mol. The molecule has 0 amide bonds. The fourth-order valence-electron chi connectivity index (χ4n) is 3.52. The number of aromatic nitrogens is 2. The third-order valence-electron chi connectivity index (χ3n) is 4.88. The van der Waals surface area contributed by atoms with Gasteiger partial charge < -0.3 is 5.11 Å². The van der Waals surface area contributed by atoms with Crippen molar-refractivity contribution in [2.45, 2.75) is 55.9 Å². The fraction of sp³-hybridized carbons (Fsp3) is 0.526. The van der Waals surface area contributed by atoms with Gasteiger partial charge in [-0.15, -0.1) is 0 Å². The van der Waals surface area contributed by atoms with Crippen LogP contribution in [-0.2, 0) is 16.3 Å². The van der Waals surface area contributed by atoms with E-state index in [0.29, 0.717) is 17.4 Å². The largest absolute Gasteiger partial charge is 0.396 e. The number of benzene rings is 1. The van der Waals surface area contributed by atoms with Crippen molar-refractivity contribution >= 4 is 9.84 Å². The number of hydrogen-bond donors (Lipinski definition) is 1. The third-order valence-corrected chi connectivity index (χ3v) is 6.00. The van der Waals surface area contributed by atoms with Gasteiger partial charge in [0.2, 0.25) is 0 Å². The van der Waals surface area contributed by atoms with Crippen molar-refractivity contribution in [1.29, 1.82) is 0 Å². The third kappa shape index (κ3) is 4.30. The Kier molecular flexibility index (Phi) is 5.59. The number of aryl methyl sites for hydroxylation is 1. The minimum Gasteiger partial charge on any atom is -0.396 e. The minimum absolute atomic E-state index is 0.161. The summed E-state index contributed by atoms with van der Waals surface area (Å²) < 4.78 is 25.5. The average molecular weight is 362 g/mol. The molecule has 0 bridgehead atoms. The maximum atomic E-state index is 11.7. The van der Waals surface area contributed by atoms with E-state index in [-0.39, 0.29) is 6.61 Å². The van der Waals surface area contributed by atoms with Crippen molar-refractivity contribution in [2.75, 3.05) is 12.9 Å². The molecule has 1 aliphatic rings. The van der Waals surface area contributed by atoms with Gasteiger partial charge in [0.25, 0.3) is 0 Å². The maximum Gasteiger partial charge on any atom is 0.175 e. The minimum atomic E-state index is -3.19. The molecule has 0 spiro atoms. The van der Waals surface area contributed by atoms with Crippen molar-refractivity contribution in [3.05, 3.63) is 36.0 Å². The molecule has 1 heterocycles. The van der Waals surface area contributed by atoms with Crippen LogP contribution in [0.3, 0.4) is 0 Å². The Morgan fingerprint density at radius 2 is 1.84 bits per heavy atom. The van der Waals surface area contributed by atoms with Gasteiger partial charge in [0, 0.05) is 12.9 Å². The molecule has 0 saturated heterocycles. The zero-order chi connectivity index (χ0) is 17.9. The summed E-state index contributed by atoms with van der Waals surface area (Å²) in [6.45, 7) is 0.161. The molecule has 0 aliphatic heterocycles. The van der Waals surface area contributed by atoms with Gasteiger partial charge in [0.05, 0.1) is 22.3 Å². The first-order valence-electron chi connectivity index (χ1n) is 8.99. The van der Waals surface area contributed by atoms with E-state index in [0.717, 1.165) is 36.2 Å². The highest BCUT2D eigenvalue weighted by Gasteiger charge is 2.21. The zero-order valence-electron chi connectivity index (χ0n) is 14.7. The quantitative estimate of drug-likeness (QED) is 0.855. The molecule has 0 atom stereocenters. The number of aliphatic hydroxyl groups is 1. The Labute approximate surface area is 149 Å². The van der Waals surface area contributed by atoms with E-state index in [1.54, 1.807) is 12.1 Å². The molecule has 1 aliphatic carbocycles. The predicted molar refractivity (Wildman–Crippen MR) is 98.3 cm³/mol. The summed E-state index contributed by atoms with van der Waals surface area (Å²) in [5.74, 6) is 0. The predicted octanol–water partition coefficient (Wildman–Crippen LogP) is 3.38. The summed E-state index contributed by atoms with van der Waals surface area (Å²) in [4.78, 5) is 0.334. The Bertz CT molecular complexity index is 804. The van der Waals surface area contributed by atoms with E-state index in [9.17, 15) is 8.42 Å². The second-order valence-electron chi connectivity index (χ2n) is 6.88. The summed E-state index contributed by atoms with van der Waals surface area (Å²) in [5.41, 5.74) is 3.02. The Morgan fingerprint density at radius 3 is 2.44 bits per heavy atom. The molecule has 0 unspecified atom stereocenters. The van der Waals surface area contributed by atoms with Crippen LogP contribution in [0.5, 0.6) is 0 Å². The van der Waals surface area contributed by atoms with E-state index in [1.165, 1.54) is 25.5 Å². The van der Waals surface area contributed by atoms with Gasteiger partial charge in [0.15, 0.2) is 9.84 Å². The van der Waals surface area contributed by atoms with E-state index in [2.05, 4.69) is 10.7 Å². The lowest BCUT2D eigenvalue weighted by Crippen LogP contribution is -2.15. The molecule has 136 valence electrons. The van der Waals surface area contributed by atoms with Crippen LogP contribution in [0.15, 0.2) is 35.2 Å². The molecule has 1 N–H and O–H groups in total. The second kappa shape index (κ2) is 7.70. The molecular formula is C19H26N2O3S. The van der Waals surface area contributed by atoms with Gasteiger partial charge in [-0.3, -0.25) is 4.68 Å². The van der Waals surface area contributed by atoms with Crippen LogP contribution in [0.1, 0.15) is 50.3 Å². The molecule has 1 aromatic heterocycles. The Hall–Kier alpha value is -1.66. The van der Waals surface area contributed by atoms with Crippen LogP contribution >= 0.6 is 0 Å². The lowest BCUT2D eigenvalue weighted by molar-refractivity contribution is 0.287. The SMILES string of the molecule is CS(=O)(=O)c1ccc(-c2cc(CCCO)nn2C2CCCCC2)cc1. The maximum absolute atomic E-state index is 11.7. The van der Waals surface area contributed by atoms with Gasteiger partial charge in [-0.1, -0.05) is 31.4 Å². The van der Waals surface area contributed by atoms with Crippen LogP contribution in [0, 0.1) is 0 Å². The lowest BCUT2D eigenvalue weighted by atomic mass is 9.95. The van der Waals surface area contributed by atoms with E-state index >= 15 is 0 Å². The Morgan fingerprint density at radius 1 is 1.16 bits per heavy atom. The second-order valence-corrected chi connectivity index (χ2v) is 8.90. The van der Waals surface area contributed by atoms with Crippen molar-refractivity contribution in [2.24, 2.45) is 0 Å². The Balaban J connectivity index is 1.96. The van der Waals surface area contributed by atoms with Crippen molar-refractivity contribution < 1.29 is 13.5 Å². The van der Waals surface area contributed by atoms with E-state index < -0.39 is 9.84 Å². The van der Waals surface area contributed by atoms with Crippen LogP contribution < -0.4 is 0 Å². The monoisotopic (exact) mass is 362 g/mol. The lowest BCUT2D eigenvalue weighted by Gasteiger charge is -2.24. The normalized spacial score (nSPS) is 16.2. The van der Waals surface area contributed by atoms with Crippen LogP contribution in [0.25, 0.3) is 11.3 Å². The molecule has 1 aromatic carbocycles. The van der Waals surface area contributed by atoms with Crippen molar-refractivity contribution in [3.8, 4) is 11.3 Å². The summed E-state index contributed by atoms with van der Waals surface area (Å²) in [7, 11) is -3.19. The standard InChI is InChI=1S/C19H26N2O3S/c1-25(23,24)18-11-9-15(10-12-18)19-14-16(6-5-13-22)20-21(19)17-7-3-2-4-8-17/h9-12,14,17,22H,2-8,13H2,1H3. The molecule has 6 heteroatoms. The number of sulfone groups is 1. The van der Waals surface area contributed by atoms with Crippen LogP contribution in [0.4, 0.5) is 0 Å². The zero-order valence-corrected chi connectivity index (χ0v) is 15.5. The number of rotatable bonds is 6. The first-order valence-corrected chi connectivity index (χ1v) is 10.9. The van der Waals surface area contributed by atoms with Crippen molar-refractivity contribution in [1.82, 2.24) is 9.78 Å². The number of nitrogens with zero attached hydrogens (tertiary/aromatic N) is 2. The van der Waals surface area contributed by atoms with Crippen LogP contribution in [0.2, 0.25) is 0 Å². The van der Waals surface area contributed by atoms with Gasteiger partial charge in [-0.2, -0.15) is 5.10 Å². The van der Waals surface area contributed by atoms with Gasteiger partial charge in [0.1, 0.15) is 0 Å². The average Bonchev–Trinajstić information content (AvgIpc) is 3.04. The topological polar surface area (TPSA) is 72.2 Å². The van der Waals surface area contributed by atoms with Crippen molar-refractivity contribution in [3.63, 3.8) is 0 Å². The highest BCUT2D eigenvalue weighted by atomic mass is 32.2. The number of hydrogen-bond acceptors (Lipinski definition) is 4. The fourth-order valence-corrected chi connectivity index (χ4v) is 4.15. The highest BCUT2D eigenvalue weighted by molar-refractivity contribution is 7.90.